The van der Waals surface area contributed by atoms with Crippen LogP contribution in [0.15, 0.2) is 18.2 Å². The van der Waals surface area contributed by atoms with E-state index in [1.165, 1.54) is 36.0 Å². The number of fused-ring (bicyclic) bond motifs is 1. The second kappa shape index (κ2) is 10.0. The average Bonchev–Trinajstić information content (AvgIpc) is 3.08. The third-order valence-electron chi connectivity index (χ3n) is 6.44. The van der Waals surface area contributed by atoms with Crippen LogP contribution in [-0.4, -0.2) is 35.1 Å². The molecule has 0 aliphatic heterocycles. The Morgan fingerprint density at radius 3 is 2.83 bits per heavy atom. The minimum atomic E-state index is -4.48. The quantitative estimate of drug-likeness (QED) is 0.386. The molecule has 0 radical (unpaired) electrons. The summed E-state index contributed by atoms with van der Waals surface area (Å²) < 4.78 is 21.6. The molecular formula is C22H36NO5P. The van der Waals surface area contributed by atoms with E-state index >= 15 is 0 Å². The molecule has 0 bridgehead atoms. The van der Waals surface area contributed by atoms with Gasteiger partial charge in [0.1, 0.15) is 0 Å². The Kier molecular flexibility index (Phi) is 7.94. The zero-order valence-corrected chi connectivity index (χ0v) is 18.4. The first-order valence-corrected chi connectivity index (χ1v) is 12.5. The highest BCUT2D eigenvalue weighted by atomic mass is 31.2. The summed E-state index contributed by atoms with van der Waals surface area (Å²) in [5, 5.41) is 0. The van der Waals surface area contributed by atoms with Crippen LogP contribution in [0.3, 0.4) is 0 Å². The number of unbranched alkanes of at least 4 members (excludes halogenated alkanes) is 2. The summed E-state index contributed by atoms with van der Waals surface area (Å²) in [6, 6.07) is 6.80. The molecule has 29 heavy (non-hydrogen) atoms. The van der Waals surface area contributed by atoms with Crippen LogP contribution in [0, 0.1) is 5.92 Å². The molecule has 1 aromatic carbocycles. The smallest absolute Gasteiger partial charge is 0.381 e. The Hall–Kier alpha value is -0.750. The van der Waals surface area contributed by atoms with E-state index < -0.39 is 13.4 Å². The third kappa shape index (κ3) is 6.88. The topological polar surface area (TPSA) is 102 Å². The molecule has 3 atom stereocenters. The van der Waals surface area contributed by atoms with Gasteiger partial charge in [-0.2, -0.15) is 0 Å². The molecule has 1 fully saturated rings. The van der Waals surface area contributed by atoms with Gasteiger partial charge in [-0.1, -0.05) is 38.0 Å². The molecule has 2 aliphatic carbocycles. The van der Waals surface area contributed by atoms with Crippen molar-refractivity contribution in [2.45, 2.75) is 76.2 Å². The second-order valence-corrected chi connectivity index (χ2v) is 10.2. The molecule has 7 heteroatoms. The number of nitrogens with two attached hydrogens (primary N) is 1. The molecule has 6 nitrogen and oxygen atoms in total. The van der Waals surface area contributed by atoms with Gasteiger partial charge in [-0.05, 0) is 73.5 Å². The summed E-state index contributed by atoms with van der Waals surface area (Å²) in [5.74, 6) is 0.938. The molecule has 0 saturated heterocycles. The fourth-order valence-electron chi connectivity index (χ4n) is 4.74. The molecule has 0 aromatic heterocycles. The van der Waals surface area contributed by atoms with Crippen molar-refractivity contribution in [3.63, 3.8) is 0 Å². The van der Waals surface area contributed by atoms with E-state index in [0.717, 1.165) is 38.9 Å². The number of aryl methyl sites for hydroxylation is 1. The molecule has 2 aliphatic rings. The maximum Gasteiger partial charge on any atom is 0.469 e. The van der Waals surface area contributed by atoms with Crippen molar-refractivity contribution in [2.75, 3.05) is 19.8 Å². The number of benzene rings is 1. The molecular weight excluding hydrogens is 389 g/mol. The molecule has 0 amide bonds. The van der Waals surface area contributed by atoms with Crippen molar-refractivity contribution in [2.24, 2.45) is 11.7 Å². The fourth-order valence-corrected chi connectivity index (χ4v) is 5.16. The van der Waals surface area contributed by atoms with Gasteiger partial charge in [-0.15, -0.1) is 0 Å². The van der Waals surface area contributed by atoms with Gasteiger partial charge in [0.2, 0.25) is 0 Å². The van der Waals surface area contributed by atoms with Crippen LogP contribution in [0.2, 0.25) is 0 Å². The molecule has 0 spiro atoms. The minimum Gasteiger partial charge on any atom is -0.381 e. The number of phosphoric acid groups is 1. The maximum atomic E-state index is 11.0. The summed E-state index contributed by atoms with van der Waals surface area (Å²) in [4.78, 5) is 17.9. The van der Waals surface area contributed by atoms with E-state index in [0.29, 0.717) is 24.7 Å². The second-order valence-electron chi connectivity index (χ2n) is 8.99. The van der Waals surface area contributed by atoms with Gasteiger partial charge in [0.15, 0.2) is 0 Å². The molecule has 164 valence electrons. The Morgan fingerprint density at radius 2 is 2.07 bits per heavy atom. The number of phosphoric ester groups is 1. The third-order valence-corrected chi connectivity index (χ3v) is 6.91. The summed E-state index contributed by atoms with van der Waals surface area (Å²) >= 11 is 0. The van der Waals surface area contributed by atoms with Crippen LogP contribution in [0.25, 0.3) is 0 Å². The first-order chi connectivity index (χ1) is 13.8. The van der Waals surface area contributed by atoms with Crippen molar-refractivity contribution in [3.8, 4) is 0 Å². The highest BCUT2D eigenvalue weighted by Crippen LogP contribution is 2.44. The maximum absolute atomic E-state index is 11.0. The highest BCUT2D eigenvalue weighted by molar-refractivity contribution is 7.46. The number of hydrogen-bond donors (Lipinski definition) is 3. The van der Waals surface area contributed by atoms with Crippen molar-refractivity contribution in [3.05, 3.63) is 34.9 Å². The van der Waals surface area contributed by atoms with Crippen LogP contribution in [0.4, 0.5) is 0 Å². The van der Waals surface area contributed by atoms with Crippen LogP contribution >= 0.6 is 7.82 Å². The first kappa shape index (κ1) is 22.9. The molecule has 3 rings (SSSR count). The van der Waals surface area contributed by atoms with Gasteiger partial charge in [0.05, 0.1) is 6.61 Å². The molecule has 4 N–H and O–H groups in total. The standard InChI is InChI=1S/C22H36NO5P/c1-2-3-4-11-27-15-17-5-6-19-13-20(8-7-18(19)12-17)21-9-10-22(23,14-21)16-28-29(24,25)26/h7-8,13,17,21H,2-6,9-12,14-16,23H2,1H3,(H2,24,25,26)/t17-,21-,22+/m0/s1. The van der Waals surface area contributed by atoms with Crippen LogP contribution in [0.1, 0.15) is 74.5 Å². The zero-order chi connectivity index (χ0) is 20.9. The van der Waals surface area contributed by atoms with E-state index in [1.807, 2.05) is 0 Å². The van der Waals surface area contributed by atoms with Gasteiger partial charge in [-0.25, -0.2) is 4.57 Å². The Morgan fingerprint density at radius 1 is 1.24 bits per heavy atom. The average molecular weight is 426 g/mol. The zero-order valence-electron chi connectivity index (χ0n) is 17.5. The molecule has 0 heterocycles. The SMILES string of the molecule is CCCCCOC[C@H]1CCc2cc([C@H]3CC[C@](N)(COP(=O)(O)O)C3)ccc2C1. The summed E-state index contributed by atoms with van der Waals surface area (Å²) in [6.07, 6.45) is 9.32. The van der Waals surface area contributed by atoms with Crippen molar-refractivity contribution >= 4 is 7.82 Å². The largest absolute Gasteiger partial charge is 0.469 e. The van der Waals surface area contributed by atoms with E-state index in [1.54, 1.807) is 0 Å². The molecule has 1 saturated carbocycles. The van der Waals surface area contributed by atoms with Gasteiger partial charge >= 0.3 is 7.82 Å². The van der Waals surface area contributed by atoms with E-state index in [-0.39, 0.29) is 6.61 Å². The first-order valence-electron chi connectivity index (χ1n) is 11.0. The van der Waals surface area contributed by atoms with E-state index in [9.17, 15) is 4.57 Å². The summed E-state index contributed by atoms with van der Waals surface area (Å²) in [6.45, 7) is 3.85. The summed E-state index contributed by atoms with van der Waals surface area (Å²) in [7, 11) is -4.48. The lowest BCUT2D eigenvalue weighted by Crippen LogP contribution is -2.41. The normalized spacial score (nSPS) is 27.2. The Labute approximate surface area is 174 Å². The van der Waals surface area contributed by atoms with Crippen molar-refractivity contribution in [1.82, 2.24) is 0 Å². The Balaban J connectivity index is 1.52. The minimum absolute atomic E-state index is 0.0986. The number of rotatable bonds is 10. The van der Waals surface area contributed by atoms with Crippen LogP contribution < -0.4 is 5.73 Å². The predicted octanol–water partition coefficient (Wildman–Crippen LogP) is 4.07. The molecule has 0 unspecified atom stereocenters. The lowest BCUT2D eigenvalue weighted by molar-refractivity contribution is 0.0914. The van der Waals surface area contributed by atoms with Crippen molar-refractivity contribution in [1.29, 1.82) is 0 Å². The predicted molar refractivity (Wildman–Crippen MR) is 114 cm³/mol. The monoisotopic (exact) mass is 425 g/mol. The van der Waals surface area contributed by atoms with Gasteiger partial charge < -0.3 is 20.3 Å². The Bertz CT molecular complexity index is 721. The van der Waals surface area contributed by atoms with Crippen LogP contribution in [-0.2, 0) is 26.7 Å². The summed E-state index contributed by atoms with van der Waals surface area (Å²) in [5.41, 5.74) is 9.84. The van der Waals surface area contributed by atoms with E-state index in [2.05, 4.69) is 29.6 Å². The van der Waals surface area contributed by atoms with Crippen molar-refractivity contribution < 1.29 is 23.6 Å². The highest BCUT2D eigenvalue weighted by Gasteiger charge is 2.38. The number of hydrogen-bond acceptors (Lipinski definition) is 4. The van der Waals surface area contributed by atoms with Crippen LogP contribution in [0.5, 0.6) is 0 Å². The van der Waals surface area contributed by atoms with Gasteiger partial charge in [-0.3, -0.25) is 4.52 Å². The molecule has 1 aromatic rings. The van der Waals surface area contributed by atoms with Gasteiger partial charge in [0.25, 0.3) is 0 Å². The lowest BCUT2D eigenvalue weighted by Gasteiger charge is -2.26. The number of ether oxygens (including phenoxy) is 1. The van der Waals surface area contributed by atoms with Gasteiger partial charge in [0, 0.05) is 18.8 Å². The van der Waals surface area contributed by atoms with E-state index in [4.69, 9.17) is 20.3 Å². The lowest BCUT2D eigenvalue weighted by atomic mass is 9.82. The fraction of sp³-hybridized carbons (Fsp3) is 0.727.